The Morgan fingerprint density at radius 3 is 2.48 bits per heavy atom. The van der Waals surface area contributed by atoms with Gasteiger partial charge in [-0.05, 0) is 38.0 Å². The SMILES string of the molecule is CCCCC(N)C(=O)N(Cc1ccc(Cl)c(Cl)c1)C(C)C. The van der Waals surface area contributed by atoms with Crippen LogP contribution in [0.25, 0.3) is 0 Å². The van der Waals surface area contributed by atoms with Crippen LogP contribution < -0.4 is 5.73 Å². The molecule has 1 rings (SSSR count). The van der Waals surface area contributed by atoms with E-state index in [1.807, 2.05) is 19.9 Å². The van der Waals surface area contributed by atoms with E-state index in [0.717, 1.165) is 24.8 Å². The smallest absolute Gasteiger partial charge is 0.240 e. The number of nitrogens with two attached hydrogens (primary N) is 1. The van der Waals surface area contributed by atoms with Gasteiger partial charge in [-0.1, -0.05) is 49.0 Å². The van der Waals surface area contributed by atoms with Crippen LogP contribution in [0.2, 0.25) is 10.0 Å². The van der Waals surface area contributed by atoms with Crippen LogP contribution in [-0.4, -0.2) is 22.9 Å². The molecule has 3 nitrogen and oxygen atoms in total. The minimum absolute atomic E-state index is 0.00970. The summed E-state index contributed by atoms with van der Waals surface area (Å²) >= 11 is 11.9. The fraction of sp³-hybridized carbons (Fsp3) is 0.562. The first-order valence-electron chi connectivity index (χ1n) is 7.36. The summed E-state index contributed by atoms with van der Waals surface area (Å²) in [4.78, 5) is 14.3. The van der Waals surface area contributed by atoms with Gasteiger partial charge in [0.2, 0.25) is 5.91 Å². The number of unbranched alkanes of at least 4 members (excludes halogenated alkanes) is 1. The first-order chi connectivity index (χ1) is 9.86. The van der Waals surface area contributed by atoms with Crippen LogP contribution in [0.5, 0.6) is 0 Å². The number of rotatable bonds is 7. The molecule has 1 atom stereocenters. The topological polar surface area (TPSA) is 46.3 Å². The minimum Gasteiger partial charge on any atom is -0.335 e. The third-order valence-corrected chi connectivity index (χ3v) is 4.17. The number of amides is 1. The summed E-state index contributed by atoms with van der Waals surface area (Å²) in [6.45, 7) is 6.56. The summed E-state index contributed by atoms with van der Waals surface area (Å²) in [5.41, 5.74) is 6.96. The summed E-state index contributed by atoms with van der Waals surface area (Å²) in [5, 5.41) is 1.02. The second-order valence-corrected chi connectivity index (χ2v) is 6.37. The molecule has 0 bridgehead atoms. The molecule has 0 heterocycles. The van der Waals surface area contributed by atoms with Crippen LogP contribution in [0.3, 0.4) is 0 Å². The second kappa shape index (κ2) is 8.62. The van der Waals surface area contributed by atoms with Crippen LogP contribution >= 0.6 is 23.2 Å². The molecule has 0 saturated heterocycles. The van der Waals surface area contributed by atoms with Crippen LogP contribution in [0.4, 0.5) is 0 Å². The number of carbonyl (C=O) groups is 1. The molecule has 5 heteroatoms. The minimum atomic E-state index is -0.435. The van der Waals surface area contributed by atoms with Crippen molar-refractivity contribution in [1.82, 2.24) is 4.90 Å². The van der Waals surface area contributed by atoms with Crippen molar-refractivity contribution in [3.05, 3.63) is 33.8 Å². The lowest BCUT2D eigenvalue weighted by molar-refractivity contribution is -0.135. The Bertz CT molecular complexity index is 477. The van der Waals surface area contributed by atoms with Gasteiger partial charge in [-0.2, -0.15) is 0 Å². The number of halogens is 2. The summed E-state index contributed by atoms with van der Waals surface area (Å²) < 4.78 is 0. The van der Waals surface area contributed by atoms with Crippen molar-refractivity contribution in [3.63, 3.8) is 0 Å². The highest BCUT2D eigenvalue weighted by Crippen LogP contribution is 2.24. The third-order valence-electron chi connectivity index (χ3n) is 3.43. The Morgan fingerprint density at radius 2 is 1.95 bits per heavy atom. The molecular weight excluding hydrogens is 307 g/mol. The molecule has 0 spiro atoms. The lowest BCUT2D eigenvalue weighted by atomic mass is 10.1. The zero-order valence-electron chi connectivity index (χ0n) is 12.9. The van der Waals surface area contributed by atoms with E-state index in [1.54, 1.807) is 17.0 Å². The molecule has 1 amide bonds. The van der Waals surface area contributed by atoms with E-state index in [4.69, 9.17) is 28.9 Å². The van der Waals surface area contributed by atoms with E-state index < -0.39 is 6.04 Å². The number of nitrogens with zero attached hydrogens (tertiary/aromatic N) is 1. The zero-order chi connectivity index (χ0) is 16.0. The molecule has 1 aromatic rings. The molecule has 0 aliphatic carbocycles. The van der Waals surface area contributed by atoms with Gasteiger partial charge in [0, 0.05) is 12.6 Å². The largest absolute Gasteiger partial charge is 0.335 e. The lowest BCUT2D eigenvalue weighted by Crippen LogP contribution is -2.46. The number of carbonyl (C=O) groups excluding carboxylic acids is 1. The monoisotopic (exact) mass is 330 g/mol. The normalized spacial score (nSPS) is 12.5. The Hall–Kier alpha value is -0.770. The highest BCUT2D eigenvalue weighted by atomic mass is 35.5. The quantitative estimate of drug-likeness (QED) is 0.812. The van der Waals surface area contributed by atoms with E-state index in [0.29, 0.717) is 16.6 Å². The maximum atomic E-state index is 12.5. The van der Waals surface area contributed by atoms with Gasteiger partial charge in [-0.3, -0.25) is 4.79 Å². The van der Waals surface area contributed by atoms with Gasteiger partial charge in [0.25, 0.3) is 0 Å². The van der Waals surface area contributed by atoms with Gasteiger partial charge in [-0.25, -0.2) is 0 Å². The van der Waals surface area contributed by atoms with E-state index >= 15 is 0 Å². The summed E-state index contributed by atoms with van der Waals surface area (Å²) in [5.74, 6) is -0.00970. The summed E-state index contributed by atoms with van der Waals surface area (Å²) in [6.07, 6.45) is 2.72. The third kappa shape index (κ3) is 5.50. The highest BCUT2D eigenvalue weighted by molar-refractivity contribution is 6.42. The first kappa shape index (κ1) is 18.3. The van der Waals surface area contributed by atoms with Crippen LogP contribution in [0, 0.1) is 0 Å². The second-order valence-electron chi connectivity index (χ2n) is 5.56. The van der Waals surface area contributed by atoms with Crippen molar-refractivity contribution >= 4 is 29.1 Å². The highest BCUT2D eigenvalue weighted by Gasteiger charge is 2.23. The van der Waals surface area contributed by atoms with Gasteiger partial charge in [0.15, 0.2) is 0 Å². The molecule has 1 unspecified atom stereocenters. The Labute approximate surface area is 137 Å². The van der Waals surface area contributed by atoms with Crippen molar-refractivity contribution in [1.29, 1.82) is 0 Å². The standard InChI is InChI=1S/C16H24Cl2N2O/c1-4-5-6-15(19)16(21)20(11(2)3)10-12-7-8-13(17)14(18)9-12/h7-9,11,15H,4-6,10,19H2,1-3H3. The molecule has 0 radical (unpaired) electrons. The summed E-state index contributed by atoms with van der Waals surface area (Å²) in [6, 6.07) is 5.08. The molecule has 1 aromatic carbocycles. The average molecular weight is 331 g/mol. The van der Waals surface area contributed by atoms with Crippen molar-refractivity contribution in [3.8, 4) is 0 Å². The zero-order valence-corrected chi connectivity index (χ0v) is 14.4. The van der Waals surface area contributed by atoms with Gasteiger partial charge < -0.3 is 10.6 Å². The molecule has 21 heavy (non-hydrogen) atoms. The van der Waals surface area contributed by atoms with Crippen molar-refractivity contribution in [2.24, 2.45) is 5.73 Å². The van der Waals surface area contributed by atoms with Crippen molar-refractivity contribution in [2.75, 3.05) is 0 Å². The number of benzene rings is 1. The average Bonchev–Trinajstić information content (AvgIpc) is 2.44. The lowest BCUT2D eigenvalue weighted by Gasteiger charge is -2.29. The fourth-order valence-corrected chi connectivity index (χ4v) is 2.43. The first-order valence-corrected chi connectivity index (χ1v) is 8.12. The Balaban J connectivity index is 2.81. The molecule has 0 aliphatic heterocycles. The Kier molecular flexibility index (Phi) is 7.50. The molecular formula is C16H24Cl2N2O. The van der Waals surface area contributed by atoms with Crippen LogP contribution in [-0.2, 0) is 11.3 Å². The van der Waals surface area contributed by atoms with Crippen LogP contribution in [0.1, 0.15) is 45.6 Å². The van der Waals surface area contributed by atoms with E-state index in [-0.39, 0.29) is 11.9 Å². The predicted octanol–water partition coefficient (Wildman–Crippen LogP) is 4.25. The van der Waals surface area contributed by atoms with E-state index in [1.165, 1.54) is 0 Å². The summed E-state index contributed by atoms with van der Waals surface area (Å²) in [7, 11) is 0. The van der Waals surface area contributed by atoms with E-state index in [2.05, 4.69) is 6.92 Å². The predicted molar refractivity (Wildman–Crippen MR) is 89.6 cm³/mol. The van der Waals surface area contributed by atoms with Gasteiger partial charge in [0.05, 0.1) is 16.1 Å². The maximum Gasteiger partial charge on any atom is 0.240 e. The van der Waals surface area contributed by atoms with Gasteiger partial charge >= 0.3 is 0 Å². The van der Waals surface area contributed by atoms with Crippen LogP contribution in [0.15, 0.2) is 18.2 Å². The van der Waals surface area contributed by atoms with Crippen molar-refractivity contribution < 1.29 is 4.79 Å². The van der Waals surface area contributed by atoms with E-state index in [9.17, 15) is 4.79 Å². The van der Waals surface area contributed by atoms with Gasteiger partial charge in [-0.15, -0.1) is 0 Å². The number of hydrogen-bond donors (Lipinski definition) is 1. The fourth-order valence-electron chi connectivity index (χ4n) is 2.11. The molecule has 118 valence electrons. The van der Waals surface area contributed by atoms with Gasteiger partial charge in [0.1, 0.15) is 0 Å². The molecule has 0 aliphatic rings. The molecule has 0 aromatic heterocycles. The number of hydrogen-bond acceptors (Lipinski definition) is 2. The maximum absolute atomic E-state index is 12.5. The molecule has 0 saturated carbocycles. The molecule has 0 fully saturated rings. The van der Waals surface area contributed by atoms with Crippen molar-refractivity contribution in [2.45, 2.75) is 58.7 Å². The Morgan fingerprint density at radius 1 is 1.29 bits per heavy atom. The molecule has 2 N–H and O–H groups in total.